The molecule has 0 radical (unpaired) electrons. The van der Waals surface area contributed by atoms with Crippen LogP contribution in [0.3, 0.4) is 0 Å². The Kier molecular flexibility index (Phi) is 6.78. The molecule has 0 aliphatic rings. The monoisotopic (exact) mass is 312 g/mol. The van der Waals surface area contributed by atoms with Crippen molar-refractivity contribution in [2.24, 2.45) is 0 Å². The first-order valence-electron chi connectivity index (χ1n) is 8.34. The molecule has 0 aliphatic carbocycles. The molecule has 124 valence electrons. The number of ether oxygens (including phenoxy) is 1. The minimum atomic E-state index is -0.0715. The first kappa shape index (κ1) is 17.7. The van der Waals surface area contributed by atoms with Gasteiger partial charge in [0.05, 0.1) is 12.3 Å². The number of benzene rings is 2. The third-order valence-corrected chi connectivity index (χ3v) is 4.58. The Morgan fingerprint density at radius 1 is 0.870 bits per heavy atom. The Balaban J connectivity index is 2.11. The highest BCUT2D eigenvalue weighted by Crippen LogP contribution is 2.26. The molecular formula is C20H28N2O. The molecule has 0 fully saturated rings. The second-order valence-corrected chi connectivity index (χ2v) is 5.76. The summed E-state index contributed by atoms with van der Waals surface area (Å²) in [5.41, 5.74) is 2.31. The molecule has 0 bridgehead atoms. The van der Waals surface area contributed by atoms with Gasteiger partial charge in [0.15, 0.2) is 0 Å². The van der Waals surface area contributed by atoms with Crippen LogP contribution in [0.2, 0.25) is 0 Å². The highest BCUT2D eigenvalue weighted by atomic mass is 16.5. The smallest absolute Gasteiger partial charge is 0.108 e. The van der Waals surface area contributed by atoms with E-state index in [1.165, 1.54) is 11.1 Å². The average molecular weight is 312 g/mol. The fourth-order valence-electron chi connectivity index (χ4n) is 2.90. The number of hydrogen-bond donors (Lipinski definition) is 2. The highest BCUT2D eigenvalue weighted by molar-refractivity contribution is 5.29. The van der Waals surface area contributed by atoms with E-state index in [-0.39, 0.29) is 11.8 Å². The van der Waals surface area contributed by atoms with Crippen molar-refractivity contribution in [1.29, 1.82) is 0 Å². The lowest BCUT2D eigenvalue weighted by atomic mass is 10.0. The van der Waals surface area contributed by atoms with Gasteiger partial charge in [-0.2, -0.15) is 0 Å². The van der Waals surface area contributed by atoms with Gasteiger partial charge < -0.3 is 15.4 Å². The van der Waals surface area contributed by atoms with Crippen LogP contribution in [0.5, 0.6) is 0 Å². The van der Waals surface area contributed by atoms with E-state index in [0.717, 1.165) is 12.8 Å². The second-order valence-electron chi connectivity index (χ2n) is 5.76. The first-order chi connectivity index (χ1) is 11.2. The molecule has 23 heavy (non-hydrogen) atoms. The zero-order valence-electron chi connectivity index (χ0n) is 14.4. The summed E-state index contributed by atoms with van der Waals surface area (Å²) in [6.07, 6.45) is 1.89. The van der Waals surface area contributed by atoms with Gasteiger partial charge in [0.25, 0.3) is 0 Å². The first-order valence-corrected chi connectivity index (χ1v) is 8.34. The molecule has 2 aromatic carbocycles. The fraction of sp³-hybridized carbons (Fsp3) is 0.400. The molecule has 0 aromatic heterocycles. The molecule has 2 rings (SSSR count). The highest BCUT2D eigenvalue weighted by Gasteiger charge is 2.24. The van der Waals surface area contributed by atoms with E-state index in [9.17, 15) is 0 Å². The Bertz CT molecular complexity index is 505. The lowest BCUT2D eigenvalue weighted by Gasteiger charge is -2.33. The summed E-state index contributed by atoms with van der Waals surface area (Å²) in [5.74, 6) is 0. The predicted octanol–water partition coefficient (Wildman–Crippen LogP) is 3.73. The van der Waals surface area contributed by atoms with E-state index in [0.29, 0.717) is 6.61 Å². The van der Waals surface area contributed by atoms with Crippen molar-refractivity contribution in [1.82, 2.24) is 10.6 Å². The second kappa shape index (κ2) is 8.82. The molecular weight excluding hydrogens is 284 g/mol. The quantitative estimate of drug-likeness (QED) is 0.692. The van der Waals surface area contributed by atoms with Crippen LogP contribution in [0.4, 0.5) is 0 Å². The number of nitrogens with one attached hydrogen (secondary N) is 2. The van der Waals surface area contributed by atoms with Crippen molar-refractivity contribution in [2.45, 2.75) is 31.5 Å². The molecule has 0 unspecified atom stereocenters. The molecule has 0 spiro atoms. The molecule has 0 atom stereocenters. The Hall–Kier alpha value is -1.68. The molecule has 0 aliphatic heterocycles. The SMILES string of the molecule is CCC(CCOC(c1ccccc1)c1ccccc1)(NC)NC. The van der Waals surface area contributed by atoms with Crippen molar-refractivity contribution < 1.29 is 4.74 Å². The van der Waals surface area contributed by atoms with Crippen LogP contribution in [0.1, 0.15) is 37.0 Å². The van der Waals surface area contributed by atoms with E-state index in [2.05, 4.69) is 66.1 Å². The maximum atomic E-state index is 6.30. The number of hydrogen-bond acceptors (Lipinski definition) is 3. The summed E-state index contributed by atoms with van der Waals surface area (Å²) in [6.45, 7) is 2.86. The van der Waals surface area contributed by atoms with E-state index in [1.807, 2.05) is 26.2 Å². The third-order valence-electron chi connectivity index (χ3n) is 4.58. The Morgan fingerprint density at radius 2 is 1.35 bits per heavy atom. The van der Waals surface area contributed by atoms with Gasteiger partial charge >= 0.3 is 0 Å². The van der Waals surface area contributed by atoms with Gasteiger partial charge in [-0.3, -0.25) is 0 Å². The van der Waals surface area contributed by atoms with Crippen LogP contribution in [-0.2, 0) is 4.74 Å². The van der Waals surface area contributed by atoms with Crippen LogP contribution >= 0.6 is 0 Å². The van der Waals surface area contributed by atoms with Crippen LogP contribution in [0, 0.1) is 0 Å². The van der Waals surface area contributed by atoms with E-state index in [4.69, 9.17) is 4.74 Å². The molecule has 0 heterocycles. The largest absolute Gasteiger partial charge is 0.369 e. The summed E-state index contributed by atoms with van der Waals surface area (Å²) in [7, 11) is 3.98. The average Bonchev–Trinajstić information content (AvgIpc) is 2.64. The van der Waals surface area contributed by atoms with E-state index < -0.39 is 0 Å². The summed E-state index contributed by atoms with van der Waals surface area (Å²) >= 11 is 0. The van der Waals surface area contributed by atoms with Crippen molar-refractivity contribution in [2.75, 3.05) is 20.7 Å². The van der Waals surface area contributed by atoms with Crippen molar-refractivity contribution >= 4 is 0 Å². The van der Waals surface area contributed by atoms with Gasteiger partial charge in [-0.05, 0) is 31.6 Å². The minimum absolute atomic E-state index is 0.0272. The zero-order valence-corrected chi connectivity index (χ0v) is 14.4. The van der Waals surface area contributed by atoms with Gasteiger partial charge in [-0.25, -0.2) is 0 Å². The van der Waals surface area contributed by atoms with E-state index >= 15 is 0 Å². The summed E-state index contributed by atoms with van der Waals surface area (Å²) < 4.78 is 6.30. The van der Waals surface area contributed by atoms with Gasteiger partial charge in [0, 0.05) is 6.42 Å². The van der Waals surface area contributed by atoms with Crippen LogP contribution in [-0.4, -0.2) is 26.4 Å². The van der Waals surface area contributed by atoms with Crippen molar-refractivity contribution in [3.05, 3.63) is 71.8 Å². The fourth-order valence-corrected chi connectivity index (χ4v) is 2.90. The minimum Gasteiger partial charge on any atom is -0.369 e. The maximum absolute atomic E-state index is 6.30. The topological polar surface area (TPSA) is 33.3 Å². The van der Waals surface area contributed by atoms with Crippen LogP contribution < -0.4 is 10.6 Å². The van der Waals surface area contributed by atoms with Crippen molar-refractivity contribution in [3.63, 3.8) is 0 Å². The number of rotatable bonds is 9. The Labute approximate surface area is 140 Å². The predicted molar refractivity (Wildman–Crippen MR) is 96.4 cm³/mol. The molecule has 3 nitrogen and oxygen atoms in total. The molecule has 0 saturated heterocycles. The molecule has 0 saturated carbocycles. The molecule has 2 aromatic rings. The van der Waals surface area contributed by atoms with Crippen LogP contribution in [0.15, 0.2) is 60.7 Å². The lowest BCUT2D eigenvalue weighted by molar-refractivity contribution is 0.0559. The van der Waals surface area contributed by atoms with E-state index in [1.54, 1.807) is 0 Å². The summed E-state index contributed by atoms with van der Waals surface area (Å²) in [5, 5.41) is 6.75. The van der Waals surface area contributed by atoms with Gasteiger partial charge in [0.1, 0.15) is 6.10 Å². The molecule has 2 N–H and O–H groups in total. The molecule has 3 heteroatoms. The lowest BCUT2D eigenvalue weighted by Crippen LogP contribution is -2.54. The Morgan fingerprint density at radius 3 is 1.74 bits per heavy atom. The van der Waals surface area contributed by atoms with Crippen molar-refractivity contribution in [3.8, 4) is 0 Å². The molecule has 0 amide bonds. The standard InChI is InChI=1S/C20H28N2O/c1-4-20(21-2,22-3)15-16-23-19(17-11-7-5-8-12-17)18-13-9-6-10-14-18/h5-14,19,21-22H,4,15-16H2,1-3H3. The van der Waals surface area contributed by atoms with Gasteiger partial charge in [0.2, 0.25) is 0 Å². The third kappa shape index (κ3) is 4.64. The van der Waals surface area contributed by atoms with Gasteiger partial charge in [-0.1, -0.05) is 67.6 Å². The summed E-state index contributed by atoms with van der Waals surface area (Å²) in [6, 6.07) is 20.8. The maximum Gasteiger partial charge on any atom is 0.108 e. The zero-order chi connectivity index (χ0) is 16.5. The van der Waals surface area contributed by atoms with Gasteiger partial charge in [-0.15, -0.1) is 0 Å². The summed E-state index contributed by atoms with van der Waals surface area (Å²) in [4.78, 5) is 0. The van der Waals surface area contributed by atoms with Crippen LogP contribution in [0.25, 0.3) is 0 Å². The normalized spacial score (nSPS) is 11.8.